The number of ether oxygens (including phenoxy) is 2. The van der Waals surface area contributed by atoms with Crippen molar-refractivity contribution in [2.24, 2.45) is 0 Å². The number of thioether (sulfide) groups is 1. The monoisotopic (exact) mass is 474 g/mol. The van der Waals surface area contributed by atoms with Crippen LogP contribution in [0, 0.1) is 0 Å². The Morgan fingerprint density at radius 2 is 1.94 bits per heavy atom. The van der Waals surface area contributed by atoms with E-state index in [1.807, 2.05) is 24.3 Å². The van der Waals surface area contributed by atoms with Crippen molar-refractivity contribution in [1.29, 1.82) is 0 Å². The maximum absolute atomic E-state index is 12.4. The number of aromatic amines is 1. The van der Waals surface area contributed by atoms with Crippen LogP contribution in [-0.4, -0.2) is 46.0 Å². The number of halogens is 1. The second kappa shape index (κ2) is 11.0. The van der Waals surface area contributed by atoms with Crippen molar-refractivity contribution in [2.45, 2.75) is 31.5 Å². The van der Waals surface area contributed by atoms with E-state index in [9.17, 15) is 9.59 Å². The van der Waals surface area contributed by atoms with Crippen molar-refractivity contribution in [1.82, 2.24) is 15.2 Å². The summed E-state index contributed by atoms with van der Waals surface area (Å²) in [6.45, 7) is 3.53. The molecule has 0 unspecified atom stereocenters. The van der Waals surface area contributed by atoms with E-state index in [1.165, 1.54) is 17.8 Å². The molecule has 10 heteroatoms. The normalized spacial score (nSPS) is 10.8. The molecule has 0 saturated carbocycles. The number of H-pyrrole nitrogens is 1. The molecule has 0 bridgehead atoms. The van der Waals surface area contributed by atoms with E-state index in [-0.39, 0.29) is 17.8 Å². The molecule has 0 saturated heterocycles. The number of hydrogen-bond donors (Lipinski definition) is 2. The van der Waals surface area contributed by atoms with E-state index in [1.54, 1.807) is 33.1 Å². The number of aromatic nitrogens is 3. The summed E-state index contributed by atoms with van der Waals surface area (Å²) < 4.78 is 10.3. The Labute approximate surface area is 195 Å². The van der Waals surface area contributed by atoms with E-state index >= 15 is 0 Å². The van der Waals surface area contributed by atoms with Gasteiger partial charge in [-0.15, -0.1) is 5.10 Å². The lowest BCUT2D eigenvalue weighted by Gasteiger charge is -2.11. The zero-order valence-electron chi connectivity index (χ0n) is 17.8. The number of anilines is 1. The highest BCUT2D eigenvalue weighted by Gasteiger charge is 2.14. The van der Waals surface area contributed by atoms with Gasteiger partial charge in [-0.2, -0.15) is 0 Å². The Kier molecular flexibility index (Phi) is 8.13. The summed E-state index contributed by atoms with van der Waals surface area (Å²) in [5.74, 6) is 0.782. The maximum Gasteiger partial charge on any atom is 0.338 e. The van der Waals surface area contributed by atoms with Gasteiger partial charge in [0.2, 0.25) is 11.1 Å². The first-order chi connectivity index (χ1) is 15.3. The van der Waals surface area contributed by atoms with Crippen LogP contribution >= 0.6 is 23.4 Å². The smallest absolute Gasteiger partial charge is 0.338 e. The molecule has 0 spiro atoms. The van der Waals surface area contributed by atoms with Crippen LogP contribution in [0.15, 0.2) is 47.6 Å². The third-order valence-electron chi connectivity index (χ3n) is 4.19. The lowest BCUT2D eigenvalue weighted by molar-refractivity contribution is -0.113. The van der Waals surface area contributed by atoms with Crippen LogP contribution in [0.2, 0.25) is 5.02 Å². The van der Waals surface area contributed by atoms with E-state index in [0.717, 1.165) is 11.3 Å². The minimum atomic E-state index is -0.480. The predicted molar refractivity (Wildman–Crippen MR) is 124 cm³/mol. The Balaban J connectivity index is 1.54. The van der Waals surface area contributed by atoms with E-state index < -0.39 is 5.97 Å². The number of rotatable bonds is 9. The molecule has 8 nitrogen and oxygen atoms in total. The molecule has 2 N–H and O–H groups in total. The van der Waals surface area contributed by atoms with Gasteiger partial charge in [0.25, 0.3) is 0 Å². The molecule has 1 aromatic heterocycles. The van der Waals surface area contributed by atoms with Crippen LogP contribution in [-0.2, 0) is 16.0 Å². The summed E-state index contributed by atoms with van der Waals surface area (Å²) >= 11 is 7.35. The maximum atomic E-state index is 12.4. The number of nitrogens with zero attached hydrogens (tertiary/aromatic N) is 2. The molecule has 0 atom stereocenters. The second-order valence-electron chi connectivity index (χ2n) is 7.08. The molecule has 3 rings (SSSR count). The van der Waals surface area contributed by atoms with Gasteiger partial charge in [-0.1, -0.05) is 35.5 Å². The van der Waals surface area contributed by atoms with Gasteiger partial charge in [0.05, 0.1) is 35.2 Å². The molecular weight excluding hydrogens is 452 g/mol. The molecule has 32 heavy (non-hydrogen) atoms. The largest absolute Gasteiger partial charge is 0.497 e. The fourth-order valence-electron chi connectivity index (χ4n) is 2.70. The molecule has 0 radical (unpaired) electrons. The molecule has 1 heterocycles. The number of methoxy groups -OCH3 is 1. The minimum absolute atomic E-state index is 0.0802. The molecule has 0 aliphatic heterocycles. The minimum Gasteiger partial charge on any atom is -0.497 e. The molecule has 0 fully saturated rings. The summed E-state index contributed by atoms with van der Waals surface area (Å²) in [5.41, 5.74) is 1.70. The molecule has 0 aliphatic rings. The van der Waals surface area contributed by atoms with E-state index in [4.69, 9.17) is 21.1 Å². The molecule has 0 aliphatic carbocycles. The third-order valence-corrected chi connectivity index (χ3v) is 5.37. The number of esters is 1. The van der Waals surface area contributed by atoms with Crippen LogP contribution in [0.25, 0.3) is 0 Å². The fraction of sp³-hybridized carbons (Fsp3) is 0.273. The van der Waals surface area contributed by atoms with Crippen LogP contribution < -0.4 is 10.1 Å². The Hall–Kier alpha value is -3.04. The lowest BCUT2D eigenvalue weighted by atomic mass is 10.1. The van der Waals surface area contributed by atoms with Crippen LogP contribution in [0.3, 0.4) is 0 Å². The number of benzene rings is 2. The highest BCUT2D eigenvalue weighted by atomic mass is 35.5. The van der Waals surface area contributed by atoms with Crippen LogP contribution in [0.4, 0.5) is 5.69 Å². The van der Waals surface area contributed by atoms with Gasteiger partial charge in [-0.3, -0.25) is 9.89 Å². The predicted octanol–water partition coefficient (Wildman–Crippen LogP) is 4.35. The topological polar surface area (TPSA) is 106 Å². The van der Waals surface area contributed by atoms with Crippen molar-refractivity contribution in [3.05, 3.63) is 64.4 Å². The van der Waals surface area contributed by atoms with Gasteiger partial charge in [-0.25, -0.2) is 9.78 Å². The Morgan fingerprint density at radius 1 is 1.19 bits per heavy atom. The van der Waals surface area contributed by atoms with Crippen LogP contribution in [0.1, 0.15) is 35.6 Å². The zero-order chi connectivity index (χ0) is 23.1. The third kappa shape index (κ3) is 6.73. The highest BCUT2D eigenvalue weighted by molar-refractivity contribution is 7.99. The number of hydrogen-bond acceptors (Lipinski definition) is 7. The molecule has 168 valence electrons. The number of nitrogens with one attached hydrogen (secondary N) is 2. The summed E-state index contributed by atoms with van der Waals surface area (Å²) in [6, 6.07) is 12.3. The summed E-state index contributed by atoms with van der Waals surface area (Å²) in [5, 5.41) is 10.5. The van der Waals surface area contributed by atoms with Gasteiger partial charge in [0, 0.05) is 6.42 Å². The Bertz CT molecular complexity index is 1090. The Morgan fingerprint density at radius 3 is 2.62 bits per heavy atom. The molecule has 1 amide bonds. The first-order valence-electron chi connectivity index (χ1n) is 9.81. The van der Waals surface area contributed by atoms with Crippen molar-refractivity contribution in [2.75, 3.05) is 18.2 Å². The van der Waals surface area contributed by atoms with Crippen molar-refractivity contribution in [3.63, 3.8) is 0 Å². The first-order valence-corrected chi connectivity index (χ1v) is 11.2. The van der Waals surface area contributed by atoms with Crippen molar-refractivity contribution in [3.8, 4) is 5.75 Å². The quantitative estimate of drug-likeness (QED) is 0.350. The molecular formula is C22H23ClN4O4S. The number of carbonyl (C=O) groups excluding carboxylic acids is 2. The zero-order valence-corrected chi connectivity index (χ0v) is 19.4. The number of carbonyl (C=O) groups is 2. The summed E-state index contributed by atoms with van der Waals surface area (Å²) in [6.07, 6.45) is 0.335. The molecule has 2 aromatic carbocycles. The summed E-state index contributed by atoms with van der Waals surface area (Å²) in [4.78, 5) is 28.9. The SMILES string of the molecule is COc1ccc(Cc2nc(SCC(=O)Nc3cc(C(=O)OC(C)C)ccc3Cl)n[nH]2)cc1. The van der Waals surface area contributed by atoms with Crippen LogP contribution in [0.5, 0.6) is 5.75 Å². The first kappa shape index (κ1) is 23.6. The van der Waals surface area contributed by atoms with Crippen molar-refractivity contribution < 1.29 is 19.1 Å². The van der Waals surface area contributed by atoms with Gasteiger partial charge >= 0.3 is 5.97 Å². The van der Waals surface area contributed by atoms with E-state index in [0.29, 0.717) is 33.7 Å². The summed E-state index contributed by atoms with van der Waals surface area (Å²) in [7, 11) is 1.62. The lowest BCUT2D eigenvalue weighted by Crippen LogP contribution is -2.16. The van der Waals surface area contributed by atoms with Gasteiger partial charge < -0.3 is 14.8 Å². The van der Waals surface area contributed by atoms with Gasteiger partial charge in [0.1, 0.15) is 11.6 Å². The molecule has 3 aromatic rings. The fourth-order valence-corrected chi connectivity index (χ4v) is 3.49. The average Bonchev–Trinajstić information content (AvgIpc) is 3.21. The second-order valence-corrected chi connectivity index (χ2v) is 8.42. The highest BCUT2D eigenvalue weighted by Crippen LogP contribution is 2.24. The standard InChI is InChI=1S/C22H23ClN4O4S/c1-13(2)31-21(29)15-6-9-17(23)18(11-15)24-20(28)12-32-22-25-19(26-27-22)10-14-4-7-16(30-3)8-5-14/h4-9,11,13H,10,12H2,1-3H3,(H,24,28)(H,25,26,27). The number of amides is 1. The van der Waals surface area contributed by atoms with Crippen molar-refractivity contribution >= 4 is 40.9 Å². The average molecular weight is 475 g/mol. The van der Waals surface area contributed by atoms with E-state index in [2.05, 4.69) is 20.5 Å². The van der Waals surface area contributed by atoms with Gasteiger partial charge in [0.15, 0.2) is 0 Å². The van der Waals surface area contributed by atoms with Gasteiger partial charge in [-0.05, 0) is 49.7 Å².